The lowest BCUT2D eigenvalue weighted by Gasteiger charge is -2.26. The zero-order chi connectivity index (χ0) is 16.3. The van der Waals surface area contributed by atoms with Crippen molar-refractivity contribution in [2.45, 2.75) is 5.60 Å². The van der Waals surface area contributed by atoms with E-state index in [1.807, 2.05) is 17.5 Å². The fraction of sp³-hybridized carbons (Fsp3) is 0.125. The minimum absolute atomic E-state index is 0.0262. The van der Waals surface area contributed by atoms with E-state index in [9.17, 15) is 9.90 Å². The third kappa shape index (κ3) is 3.36. The molecule has 0 aliphatic carbocycles. The molecule has 118 valence electrons. The van der Waals surface area contributed by atoms with Gasteiger partial charge >= 0.3 is 0 Å². The number of aromatic nitrogens is 1. The predicted octanol–water partition coefficient (Wildman–Crippen LogP) is 3.16. The van der Waals surface area contributed by atoms with Crippen LogP contribution in [0.2, 0.25) is 0 Å². The van der Waals surface area contributed by atoms with E-state index in [1.165, 1.54) is 30.1 Å². The highest BCUT2D eigenvalue weighted by atomic mass is 79.9. The molecule has 0 aliphatic rings. The molecule has 0 bridgehead atoms. The lowest BCUT2D eigenvalue weighted by molar-refractivity contribution is 0.0714. The third-order valence-corrected chi connectivity index (χ3v) is 4.85. The Bertz CT molecular complexity index is 753. The van der Waals surface area contributed by atoms with Gasteiger partial charge in [-0.05, 0) is 39.5 Å². The number of pyridine rings is 1. The number of carbonyl (C=O) groups excluding carboxylic acids is 1. The molecule has 0 aliphatic heterocycles. The molecule has 0 fully saturated rings. The van der Waals surface area contributed by atoms with Gasteiger partial charge in [-0.15, -0.1) is 11.3 Å². The van der Waals surface area contributed by atoms with Gasteiger partial charge in [-0.3, -0.25) is 9.78 Å². The van der Waals surface area contributed by atoms with Crippen molar-refractivity contribution in [3.63, 3.8) is 0 Å². The summed E-state index contributed by atoms with van der Waals surface area (Å²) in [6.07, 6.45) is 6.05. The van der Waals surface area contributed by atoms with Crippen LogP contribution < -0.4 is 5.32 Å². The Morgan fingerprint density at radius 3 is 2.96 bits per heavy atom. The van der Waals surface area contributed by atoms with Crippen molar-refractivity contribution in [1.29, 1.82) is 0 Å². The number of amides is 1. The second kappa shape index (κ2) is 6.66. The number of carbonyl (C=O) groups is 1. The lowest BCUT2D eigenvalue weighted by atomic mass is 9.94. The molecule has 0 unspecified atom stereocenters. The Labute approximate surface area is 145 Å². The molecule has 7 heteroatoms. The van der Waals surface area contributed by atoms with Crippen molar-refractivity contribution in [2.75, 3.05) is 6.54 Å². The molecule has 1 atom stereocenters. The maximum Gasteiger partial charge on any atom is 0.253 e. The minimum atomic E-state index is -1.34. The van der Waals surface area contributed by atoms with Crippen molar-refractivity contribution >= 4 is 33.2 Å². The standard InChI is InChI=1S/C16H13BrN2O3S/c17-13-6-11(7-18-8-13)15(20)19-10-16(21,12-3-4-22-9-12)14-2-1-5-23-14/h1-9,21H,10H2,(H,19,20)/t16-/m0/s1. The molecular formula is C16H13BrN2O3S. The van der Waals surface area contributed by atoms with Crippen LogP contribution in [0.15, 0.2) is 63.5 Å². The van der Waals surface area contributed by atoms with Gasteiger partial charge < -0.3 is 14.8 Å². The van der Waals surface area contributed by atoms with Gasteiger partial charge in [-0.2, -0.15) is 0 Å². The van der Waals surface area contributed by atoms with E-state index < -0.39 is 5.60 Å². The average Bonchev–Trinajstić information content (AvgIpc) is 3.25. The summed E-state index contributed by atoms with van der Waals surface area (Å²) in [4.78, 5) is 17.0. The summed E-state index contributed by atoms with van der Waals surface area (Å²) in [5, 5.41) is 15.7. The van der Waals surface area contributed by atoms with Gasteiger partial charge in [0.05, 0.1) is 24.6 Å². The fourth-order valence-corrected chi connectivity index (χ4v) is 3.40. The van der Waals surface area contributed by atoms with Crippen molar-refractivity contribution in [2.24, 2.45) is 0 Å². The Morgan fingerprint density at radius 1 is 1.43 bits per heavy atom. The number of thiophene rings is 1. The second-order valence-electron chi connectivity index (χ2n) is 4.92. The summed E-state index contributed by atoms with van der Waals surface area (Å²) in [5.74, 6) is -0.308. The Morgan fingerprint density at radius 2 is 2.30 bits per heavy atom. The third-order valence-electron chi connectivity index (χ3n) is 3.40. The maximum absolute atomic E-state index is 12.3. The molecule has 3 rings (SSSR count). The van der Waals surface area contributed by atoms with Crippen LogP contribution in [0, 0.1) is 0 Å². The smallest absolute Gasteiger partial charge is 0.253 e. The van der Waals surface area contributed by atoms with E-state index in [1.54, 1.807) is 18.3 Å². The van der Waals surface area contributed by atoms with Crippen molar-refractivity contribution in [3.05, 3.63) is 75.0 Å². The number of furan rings is 1. The molecule has 0 spiro atoms. The molecule has 0 saturated carbocycles. The van der Waals surface area contributed by atoms with Gasteiger partial charge in [0.25, 0.3) is 5.91 Å². The number of aliphatic hydroxyl groups is 1. The van der Waals surface area contributed by atoms with Gasteiger partial charge in [0.1, 0.15) is 5.60 Å². The SMILES string of the molecule is O=C(NC[C@](O)(c1ccoc1)c1cccs1)c1cncc(Br)c1. The highest BCUT2D eigenvalue weighted by molar-refractivity contribution is 9.10. The van der Waals surface area contributed by atoms with E-state index >= 15 is 0 Å². The minimum Gasteiger partial charge on any atom is -0.472 e. The lowest BCUT2D eigenvalue weighted by Crippen LogP contribution is -2.41. The summed E-state index contributed by atoms with van der Waals surface area (Å²) in [5.41, 5.74) is -0.330. The first kappa shape index (κ1) is 15.9. The number of rotatable bonds is 5. The Balaban J connectivity index is 1.82. The molecule has 3 aromatic heterocycles. The van der Waals surface area contributed by atoms with Crippen molar-refractivity contribution in [3.8, 4) is 0 Å². The van der Waals surface area contributed by atoms with E-state index in [4.69, 9.17) is 4.42 Å². The number of halogens is 1. The number of hydrogen-bond donors (Lipinski definition) is 2. The van der Waals surface area contributed by atoms with Crippen LogP contribution in [-0.4, -0.2) is 22.5 Å². The average molecular weight is 393 g/mol. The molecule has 3 aromatic rings. The van der Waals surface area contributed by atoms with E-state index in [0.29, 0.717) is 15.6 Å². The molecule has 2 N–H and O–H groups in total. The largest absolute Gasteiger partial charge is 0.472 e. The molecule has 1 amide bonds. The monoisotopic (exact) mass is 392 g/mol. The molecule has 5 nitrogen and oxygen atoms in total. The molecule has 0 aromatic carbocycles. The zero-order valence-electron chi connectivity index (χ0n) is 11.9. The van der Waals surface area contributed by atoms with Crippen LogP contribution in [-0.2, 0) is 5.60 Å². The summed E-state index contributed by atoms with van der Waals surface area (Å²) in [6, 6.07) is 7.03. The van der Waals surface area contributed by atoms with Gasteiger partial charge in [0.2, 0.25) is 0 Å². The van der Waals surface area contributed by atoms with E-state index in [-0.39, 0.29) is 12.5 Å². The van der Waals surface area contributed by atoms with Crippen LogP contribution >= 0.6 is 27.3 Å². The predicted molar refractivity (Wildman–Crippen MR) is 90.3 cm³/mol. The summed E-state index contributed by atoms with van der Waals surface area (Å²) >= 11 is 4.70. The van der Waals surface area contributed by atoms with E-state index in [2.05, 4.69) is 26.2 Å². The van der Waals surface area contributed by atoms with Gasteiger partial charge in [0.15, 0.2) is 0 Å². The number of nitrogens with one attached hydrogen (secondary N) is 1. The van der Waals surface area contributed by atoms with Crippen LogP contribution in [0.4, 0.5) is 0 Å². The van der Waals surface area contributed by atoms with Crippen molar-refractivity contribution < 1.29 is 14.3 Å². The first-order chi connectivity index (χ1) is 11.1. The van der Waals surface area contributed by atoms with Gasteiger partial charge in [0, 0.05) is 27.3 Å². The molecule has 0 saturated heterocycles. The summed E-state index contributed by atoms with van der Waals surface area (Å²) < 4.78 is 5.80. The first-order valence-electron chi connectivity index (χ1n) is 6.77. The first-order valence-corrected chi connectivity index (χ1v) is 8.44. The molecule has 23 heavy (non-hydrogen) atoms. The van der Waals surface area contributed by atoms with Crippen LogP contribution in [0.5, 0.6) is 0 Å². The summed E-state index contributed by atoms with van der Waals surface area (Å²) in [6.45, 7) is 0.0262. The zero-order valence-corrected chi connectivity index (χ0v) is 14.3. The molecule has 0 radical (unpaired) electrons. The van der Waals surface area contributed by atoms with Crippen molar-refractivity contribution in [1.82, 2.24) is 10.3 Å². The van der Waals surface area contributed by atoms with Crippen LogP contribution in [0.3, 0.4) is 0 Å². The second-order valence-corrected chi connectivity index (χ2v) is 6.79. The maximum atomic E-state index is 12.3. The topological polar surface area (TPSA) is 75.4 Å². The number of hydrogen-bond acceptors (Lipinski definition) is 5. The van der Waals surface area contributed by atoms with Crippen LogP contribution in [0.25, 0.3) is 0 Å². The van der Waals surface area contributed by atoms with Gasteiger partial charge in [-0.1, -0.05) is 6.07 Å². The summed E-state index contributed by atoms with van der Waals surface area (Å²) in [7, 11) is 0. The van der Waals surface area contributed by atoms with Gasteiger partial charge in [-0.25, -0.2) is 0 Å². The quantitative estimate of drug-likeness (QED) is 0.698. The Hall–Kier alpha value is -1.96. The van der Waals surface area contributed by atoms with Crippen LogP contribution in [0.1, 0.15) is 20.8 Å². The number of nitrogens with zero attached hydrogens (tertiary/aromatic N) is 1. The molecule has 3 heterocycles. The highest BCUT2D eigenvalue weighted by Crippen LogP contribution is 2.32. The highest BCUT2D eigenvalue weighted by Gasteiger charge is 2.34. The Kier molecular flexibility index (Phi) is 4.61. The normalized spacial score (nSPS) is 13.5. The molecular weight excluding hydrogens is 380 g/mol. The van der Waals surface area contributed by atoms with E-state index in [0.717, 1.165) is 4.88 Å². The fourth-order valence-electron chi connectivity index (χ4n) is 2.19.